The summed E-state index contributed by atoms with van der Waals surface area (Å²) < 4.78 is 0. The maximum Gasteiger partial charge on any atom is 0.236 e. The summed E-state index contributed by atoms with van der Waals surface area (Å²) in [6.45, 7) is 4.19. The fraction of sp³-hybridized carbons (Fsp3) is 0.500. The molecular weight excluding hydrogens is 274 g/mol. The molecule has 2 fully saturated rings. The molecule has 0 saturated carbocycles. The van der Waals surface area contributed by atoms with E-state index in [0.717, 1.165) is 13.1 Å². The van der Waals surface area contributed by atoms with E-state index in [4.69, 9.17) is 0 Å². The number of likely N-dealkylation sites (N-methyl/N-ethyl adjacent to an activating group) is 1. The van der Waals surface area contributed by atoms with Crippen molar-refractivity contribution >= 4 is 12.0 Å². The van der Waals surface area contributed by atoms with Crippen molar-refractivity contribution in [3.05, 3.63) is 41.5 Å². The Hall–Kier alpha value is -1.65. The average molecular weight is 299 g/mol. The van der Waals surface area contributed by atoms with Gasteiger partial charge in [-0.2, -0.15) is 0 Å². The highest BCUT2D eigenvalue weighted by Gasteiger charge is 2.47. The van der Waals surface area contributed by atoms with Crippen molar-refractivity contribution in [2.75, 3.05) is 33.7 Å². The molecule has 0 aliphatic carbocycles. The molecule has 2 aliphatic rings. The maximum atomic E-state index is 12.2. The molecule has 0 radical (unpaired) electrons. The van der Waals surface area contributed by atoms with Gasteiger partial charge in [0, 0.05) is 31.1 Å². The molecule has 118 valence electrons. The van der Waals surface area contributed by atoms with Gasteiger partial charge in [0.25, 0.3) is 0 Å². The van der Waals surface area contributed by atoms with E-state index in [9.17, 15) is 4.79 Å². The molecular formula is C18H25N3O. The summed E-state index contributed by atoms with van der Waals surface area (Å²) in [5, 5.41) is 3.58. The molecule has 4 nitrogen and oxygen atoms in total. The number of likely N-dealkylation sites (tertiary alicyclic amines) is 1. The second kappa shape index (κ2) is 6.23. The number of carbonyl (C=O) groups excluding carboxylic acids is 1. The van der Waals surface area contributed by atoms with Crippen LogP contribution in [0.2, 0.25) is 0 Å². The van der Waals surface area contributed by atoms with Crippen LogP contribution in [0, 0.1) is 0 Å². The van der Waals surface area contributed by atoms with E-state index in [1.54, 1.807) is 0 Å². The summed E-state index contributed by atoms with van der Waals surface area (Å²) in [7, 11) is 3.88. The van der Waals surface area contributed by atoms with Crippen LogP contribution in [0.5, 0.6) is 0 Å². The van der Waals surface area contributed by atoms with Crippen molar-refractivity contribution in [3.63, 3.8) is 0 Å². The van der Waals surface area contributed by atoms with Crippen LogP contribution < -0.4 is 5.32 Å². The lowest BCUT2D eigenvalue weighted by Gasteiger charge is -2.55. The number of hydrogen-bond acceptors (Lipinski definition) is 3. The SMILES string of the molecule is C/C=C/c1ccc(C2[C@@H]3CN(C(=O)CN(C)C)C[C@H]2N3)cc1. The minimum atomic E-state index is 0.239. The van der Waals surface area contributed by atoms with Gasteiger partial charge in [-0.3, -0.25) is 4.79 Å². The van der Waals surface area contributed by atoms with Gasteiger partial charge in [-0.15, -0.1) is 0 Å². The molecule has 2 heterocycles. The van der Waals surface area contributed by atoms with Crippen LogP contribution in [0.1, 0.15) is 24.0 Å². The number of nitrogens with one attached hydrogen (secondary N) is 1. The molecule has 2 bridgehead atoms. The molecule has 3 rings (SSSR count). The van der Waals surface area contributed by atoms with Crippen molar-refractivity contribution in [2.24, 2.45) is 0 Å². The maximum absolute atomic E-state index is 12.2. The summed E-state index contributed by atoms with van der Waals surface area (Å²) in [5.41, 5.74) is 2.63. The lowest BCUT2D eigenvalue weighted by Crippen LogP contribution is -2.72. The van der Waals surface area contributed by atoms with Gasteiger partial charge in [0.2, 0.25) is 5.91 Å². The Morgan fingerprint density at radius 2 is 1.91 bits per heavy atom. The number of piperidine rings is 1. The van der Waals surface area contributed by atoms with E-state index in [2.05, 4.69) is 41.7 Å². The first kappa shape index (κ1) is 15.3. The highest BCUT2D eigenvalue weighted by atomic mass is 16.2. The molecule has 4 heteroatoms. The minimum absolute atomic E-state index is 0.239. The number of piperazine rings is 1. The Balaban J connectivity index is 1.64. The van der Waals surface area contributed by atoms with E-state index in [1.165, 1.54) is 11.1 Å². The summed E-state index contributed by atoms with van der Waals surface area (Å²) in [6.07, 6.45) is 4.17. The van der Waals surface area contributed by atoms with Crippen molar-refractivity contribution in [1.82, 2.24) is 15.1 Å². The summed E-state index contributed by atoms with van der Waals surface area (Å²) in [6, 6.07) is 9.63. The van der Waals surface area contributed by atoms with Crippen LogP contribution in [-0.4, -0.2) is 61.5 Å². The molecule has 1 aromatic rings. The third-order valence-electron chi connectivity index (χ3n) is 4.61. The predicted octanol–water partition coefficient (Wildman–Crippen LogP) is 1.55. The Morgan fingerprint density at radius 3 is 2.45 bits per heavy atom. The Kier molecular flexibility index (Phi) is 4.32. The fourth-order valence-electron chi connectivity index (χ4n) is 3.59. The standard InChI is InChI=1S/C18H25N3O/c1-4-5-13-6-8-14(9-7-13)18-15-10-21(11-16(18)19-15)17(22)12-20(2)3/h4-9,15-16,18-19H,10-12H2,1-3H3/b5-4+/t15-,16+,18?. The quantitative estimate of drug-likeness (QED) is 0.916. The van der Waals surface area contributed by atoms with Gasteiger partial charge < -0.3 is 15.1 Å². The molecule has 1 amide bonds. The van der Waals surface area contributed by atoms with Crippen LogP contribution in [0.25, 0.3) is 6.08 Å². The second-order valence-electron chi connectivity index (χ2n) is 6.61. The molecule has 3 atom stereocenters. The third-order valence-corrected chi connectivity index (χ3v) is 4.61. The van der Waals surface area contributed by atoms with Crippen LogP contribution >= 0.6 is 0 Å². The Morgan fingerprint density at radius 1 is 1.27 bits per heavy atom. The molecule has 2 aliphatic heterocycles. The monoisotopic (exact) mass is 299 g/mol. The normalized spacial score (nSPS) is 27.3. The minimum Gasteiger partial charge on any atom is -0.338 e. The van der Waals surface area contributed by atoms with Crippen molar-refractivity contribution < 1.29 is 4.79 Å². The first-order chi connectivity index (χ1) is 10.6. The van der Waals surface area contributed by atoms with Gasteiger partial charge in [-0.25, -0.2) is 0 Å². The van der Waals surface area contributed by atoms with Gasteiger partial charge in [-0.1, -0.05) is 36.4 Å². The predicted molar refractivity (Wildman–Crippen MR) is 89.7 cm³/mol. The lowest BCUT2D eigenvalue weighted by molar-refractivity contribution is -0.136. The molecule has 1 unspecified atom stereocenters. The number of benzene rings is 1. The lowest BCUT2D eigenvalue weighted by atomic mass is 9.74. The number of amides is 1. The number of hydrogen-bond donors (Lipinski definition) is 1. The highest BCUT2D eigenvalue weighted by Crippen LogP contribution is 2.36. The number of allylic oxidation sites excluding steroid dienone is 1. The van der Waals surface area contributed by atoms with E-state index in [0.29, 0.717) is 24.5 Å². The van der Waals surface area contributed by atoms with Crippen LogP contribution in [-0.2, 0) is 4.79 Å². The highest BCUT2D eigenvalue weighted by molar-refractivity contribution is 5.78. The van der Waals surface area contributed by atoms with Gasteiger partial charge in [0.15, 0.2) is 0 Å². The molecule has 2 saturated heterocycles. The zero-order chi connectivity index (χ0) is 15.7. The number of fused-ring (bicyclic) bond motifs is 2. The smallest absolute Gasteiger partial charge is 0.236 e. The topological polar surface area (TPSA) is 35.6 Å². The van der Waals surface area contributed by atoms with Gasteiger partial charge in [0.05, 0.1) is 6.54 Å². The van der Waals surface area contributed by atoms with Crippen molar-refractivity contribution in [3.8, 4) is 0 Å². The van der Waals surface area contributed by atoms with E-state index < -0.39 is 0 Å². The number of carbonyl (C=O) groups is 1. The Bertz CT molecular complexity index is 552. The van der Waals surface area contributed by atoms with Gasteiger partial charge in [0.1, 0.15) is 0 Å². The molecule has 0 spiro atoms. The van der Waals surface area contributed by atoms with Crippen LogP contribution in [0.15, 0.2) is 30.3 Å². The third kappa shape index (κ3) is 2.94. The van der Waals surface area contributed by atoms with Gasteiger partial charge in [-0.05, 0) is 32.1 Å². The second-order valence-corrected chi connectivity index (χ2v) is 6.61. The molecule has 1 aromatic carbocycles. The van der Waals surface area contributed by atoms with Crippen LogP contribution in [0.3, 0.4) is 0 Å². The molecule has 22 heavy (non-hydrogen) atoms. The average Bonchev–Trinajstić information content (AvgIpc) is 2.49. The summed E-state index contributed by atoms with van der Waals surface area (Å²) in [4.78, 5) is 16.1. The van der Waals surface area contributed by atoms with E-state index >= 15 is 0 Å². The van der Waals surface area contributed by atoms with Crippen molar-refractivity contribution in [2.45, 2.75) is 24.9 Å². The number of rotatable bonds is 4. The Labute approximate surface area is 132 Å². The molecule has 0 aromatic heterocycles. The first-order valence-electron chi connectivity index (χ1n) is 7.99. The van der Waals surface area contributed by atoms with Crippen LogP contribution in [0.4, 0.5) is 0 Å². The van der Waals surface area contributed by atoms with E-state index in [1.807, 2.05) is 30.8 Å². The summed E-state index contributed by atoms with van der Waals surface area (Å²) in [5.74, 6) is 0.784. The number of nitrogens with zero attached hydrogens (tertiary/aromatic N) is 2. The van der Waals surface area contributed by atoms with Gasteiger partial charge >= 0.3 is 0 Å². The largest absolute Gasteiger partial charge is 0.338 e. The van der Waals surface area contributed by atoms with Crippen molar-refractivity contribution in [1.29, 1.82) is 0 Å². The zero-order valence-electron chi connectivity index (χ0n) is 13.6. The fourth-order valence-corrected chi connectivity index (χ4v) is 3.59. The van der Waals surface area contributed by atoms with E-state index in [-0.39, 0.29) is 5.91 Å². The molecule has 1 N–H and O–H groups in total. The first-order valence-corrected chi connectivity index (χ1v) is 7.99. The summed E-state index contributed by atoms with van der Waals surface area (Å²) >= 11 is 0. The zero-order valence-corrected chi connectivity index (χ0v) is 13.6.